The monoisotopic (exact) mass is 232 g/mol. The molecule has 0 aromatic heterocycles. The van der Waals surface area contributed by atoms with E-state index >= 15 is 0 Å². The molecule has 0 aliphatic heterocycles. The van der Waals surface area contributed by atoms with Gasteiger partial charge in [-0.25, -0.2) is 0 Å². The fourth-order valence-corrected chi connectivity index (χ4v) is 1.61. The number of alkyl halides is 3. The van der Waals surface area contributed by atoms with Crippen LogP contribution in [-0.2, 0) is 19.2 Å². The Hall–Kier alpha value is -1.03. The SMILES string of the molecule is CC(C)Cc1cc(CO)cc(C(F)(F)F)c1. The minimum absolute atomic E-state index is 0.287. The molecule has 0 aliphatic carbocycles. The molecule has 1 rings (SSSR count). The van der Waals surface area contributed by atoms with E-state index in [1.54, 1.807) is 6.07 Å². The Labute approximate surface area is 92.9 Å². The molecule has 1 aromatic carbocycles. The molecule has 0 spiro atoms. The second-order valence-electron chi connectivity index (χ2n) is 4.29. The summed E-state index contributed by atoms with van der Waals surface area (Å²) in [6.07, 6.45) is -3.77. The maximum Gasteiger partial charge on any atom is 0.416 e. The summed E-state index contributed by atoms with van der Waals surface area (Å²) in [5.41, 5.74) is 0.244. The van der Waals surface area contributed by atoms with Crippen molar-refractivity contribution in [2.45, 2.75) is 33.1 Å². The Balaban J connectivity index is 3.11. The molecule has 0 radical (unpaired) electrons. The van der Waals surface area contributed by atoms with Crippen molar-refractivity contribution < 1.29 is 18.3 Å². The van der Waals surface area contributed by atoms with Crippen LogP contribution >= 0.6 is 0 Å². The summed E-state index contributed by atoms with van der Waals surface area (Å²) in [4.78, 5) is 0. The molecule has 0 heterocycles. The molecule has 0 amide bonds. The van der Waals surface area contributed by atoms with Crippen molar-refractivity contribution >= 4 is 0 Å². The molecular formula is C12H15F3O. The van der Waals surface area contributed by atoms with E-state index < -0.39 is 11.7 Å². The zero-order valence-corrected chi connectivity index (χ0v) is 9.30. The van der Waals surface area contributed by atoms with Crippen molar-refractivity contribution in [3.05, 3.63) is 34.9 Å². The van der Waals surface area contributed by atoms with Crippen LogP contribution in [-0.4, -0.2) is 5.11 Å². The molecule has 0 fully saturated rings. The van der Waals surface area contributed by atoms with Crippen LogP contribution in [0.1, 0.15) is 30.5 Å². The quantitative estimate of drug-likeness (QED) is 0.846. The first-order chi connectivity index (χ1) is 7.32. The first-order valence-electron chi connectivity index (χ1n) is 5.14. The molecule has 4 heteroatoms. The van der Waals surface area contributed by atoms with Gasteiger partial charge in [0.05, 0.1) is 12.2 Å². The number of hydrogen-bond acceptors (Lipinski definition) is 1. The number of aliphatic hydroxyl groups is 1. The van der Waals surface area contributed by atoms with Crippen molar-refractivity contribution in [3.8, 4) is 0 Å². The Morgan fingerprint density at radius 3 is 2.12 bits per heavy atom. The topological polar surface area (TPSA) is 20.2 Å². The summed E-state index contributed by atoms with van der Waals surface area (Å²) in [5, 5.41) is 8.92. The number of aliphatic hydroxyl groups excluding tert-OH is 1. The van der Waals surface area contributed by atoms with E-state index in [1.165, 1.54) is 0 Å². The van der Waals surface area contributed by atoms with Crippen LogP contribution in [0.4, 0.5) is 13.2 Å². The number of rotatable bonds is 3. The molecule has 1 nitrogen and oxygen atoms in total. The van der Waals surface area contributed by atoms with Gasteiger partial charge in [0.25, 0.3) is 0 Å². The predicted molar refractivity (Wildman–Crippen MR) is 55.9 cm³/mol. The van der Waals surface area contributed by atoms with Gasteiger partial charge < -0.3 is 5.11 Å². The normalized spacial score (nSPS) is 12.2. The third-order valence-corrected chi connectivity index (χ3v) is 2.21. The van der Waals surface area contributed by atoms with Gasteiger partial charge in [-0.3, -0.25) is 0 Å². The lowest BCUT2D eigenvalue weighted by Gasteiger charge is -2.12. The van der Waals surface area contributed by atoms with Crippen LogP contribution in [0.2, 0.25) is 0 Å². The van der Waals surface area contributed by atoms with Gasteiger partial charge in [-0.1, -0.05) is 19.9 Å². The van der Waals surface area contributed by atoms with Gasteiger partial charge in [-0.15, -0.1) is 0 Å². The van der Waals surface area contributed by atoms with Crippen LogP contribution in [0.15, 0.2) is 18.2 Å². The lowest BCUT2D eigenvalue weighted by Crippen LogP contribution is -2.07. The summed E-state index contributed by atoms with van der Waals surface area (Å²) < 4.78 is 37.6. The smallest absolute Gasteiger partial charge is 0.392 e. The van der Waals surface area contributed by atoms with Gasteiger partial charge >= 0.3 is 6.18 Å². The maximum absolute atomic E-state index is 12.5. The first-order valence-corrected chi connectivity index (χ1v) is 5.14. The fourth-order valence-electron chi connectivity index (χ4n) is 1.61. The van der Waals surface area contributed by atoms with E-state index in [-0.39, 0.29) is 12.5 Å². The van der Waals surface area contributed by atoms with E-state index in [0.29, 0.717) is 17.5 Å². The Bertz CT molecular complexity index is 356. The number of benzene rings is 1. The molecule has 0 unspecified atom stereocenters. The predicted octanol–water partition coefficient (Wildman–Crippen LogP) is 3.40. The Morgan fingerprint density at radius 2 is 1.69 bits per heavy atom. The van der Waals surface area contributed by atoms with Crippen LogP contribution in [0.3, 0.4) is 0 Å². The molecule has 1 aromatic rings. The lowest BCUT2D eigenvalue weighted by molar-refractivity contribution is -0.137. The lowest BCUT2D eigenvalue weighted by atomic mass is 9.98. The average molecular weight is 232 g/mol. The molecule has 0 aliphatic rings. The summed E-state index contributed by atoms with van der Waals surface area (Å²) in [6, 6.07) is 3.76. The molecular weight excluding hydrogens is 217 g/mol. The average Bonchev–Trinajstić information content (AvgIpc) is 2.14. The molecule has 0 saturated carbocycles. The van der Waals surface area contributed by atoms with Crippen molar-refractivity contribution in [3.63, 3.8) is 0 Å². The summed E-state index contributed by atoms with van der Waals surface area (Å²) in [7, 11) is 0. The maximum atomic E-state index is 12.5. The highest BCUT2D eigenvalue weighted by Gasteiger charge is 2.31. The van der Waals surface area contributed by atoms with Gasteiger partial charge in [0, 0.05) is 0 Å². The van der Waals surface area contributed by atoms with Gasteiger partial charge in [0.15, 0.2) is 0 Å². The molecule has 0 saturated heterocycles. The second-order valence-corrected chi connectivity index (χ2v) is 4.29. The fraction of sp³-hybridized carbons (Fsp3) is 0.500. The molecule has 0 bridgehead atoms. The second kappa shape index (κ2) is 4.87. The number of halogens is 3. The Kier molecular flexibility index (Phi) is 3.97. The zero-order chi connectivity index (χ0) is 12.3. The zero-order valence-electron chi connectivity index (χ0n) is 9.30. The van der Waals surface area contributed by atoms with E-state index in [0.717, 1.165) is 12.1 Å². The highest BCUT2D eigenvalue weighted by molar-refractivity contribution is 5.31. The van der Waals surface area contributed by atoms with Gasteiger partial charge in [0.2, 0.25) is 0 Å². The molecule has 90 valence electrons. The molecule has 1 N–H and O–H groups in total. The number of hydrogen-bond donors (Lipinski definition) is 1. The third-order valence-electron chi connectivity index (χ3n) is 2.21. The molecule has 0 atom stereocenters. The van der Waals surface area contributed by atoms with E-state index in [2.05, 4.69) is 0 Å². The van der Waals surface area contributed by atoms with Crippen molar-refractivity contribution in [1.29, 1.82) is 0 Å². The largest absolute Gasteiger partial charge is 0.416 e. The summed E-state index contributed by atoms with van der Waals surface area (Å²) in [6.45, 7) is 3.52. The minimum Gasteiger partial charge on any atom is -0.392 e. The van der Waals surface area contributed by atoms with E-state index in [9.17, 15) is 13.2 Å². The minimum atomic E-state index is -4.35. The first kappa shape index (κ1) is 13.0. The summed E-state index contributed by atoms with van der Waals surface area (Å²) >= 11 is 0. The Morgan fingerprint density at radius 1 is 1.12 bits per heavy atom. The van der Waals surface area contributed by atoms with Gasteiger partial charge in [0.1, 0.15) is 0 Å². The standard InChI is InChI=1S/C12H15F3O/c1-8(2)3-9-4-10(7-16)6-11(5-9)12(13,14)15/h4-6,8,16H,3,7H2,1-2H3. The van der Waals surface area contributed by atoms with Gasteiger partial charge in [-0.05, 0) is 35.6 Å². The van der Waals surface area contributed by atoms with E-state index in [4.69, 9.17) is 5.11 Å². The van der Waals surface area contributed by atoms with Crippen molar-refractivity contribution in [1.82, 2.24) is 0 Å². The van der Waals surface area contributed by atoms with Crippen LogP contribution in [0, 0.1) is 5.92 Å². The van der Waals surface area contributed by atoms with Crippen LogP contribution < -0.4 is 0 Å². The van der Waals surface area contributed by atoms with Crippen molar-refractivity contribution in [2.75, 3.05) is 0 Å². The highest BCUT2D eigenvalue weighted by atomic mass is 19.4. The third kappa shape index (κ3) is 3.52. The van der Waals surface area contributed by atoms with Gasteiger partial charge in [-0.2, -0.15) is 13.2 Å². The highest BCUT2D eigenvalue weighted by Crippen LogP contribution is 2.31. The summed E-state index contributed by atoms with van der Waals surface area (Å²) in [5.74, 6) is 0.287. The van der Waals surface area contributed by atoms with Crippen LogP contribution in [0.5, 0.6) is 0 Å². The van der Waals surface area contributed by atoms with Crippen LogP contribution in [0.25, 0.3) is 0 Å². The van der Waals surface area contributed by atoms with E-state index in [1.807, 2.05) is 13.8 Å². The van der Waals surface area contributed by atoms with Crippen molar-refractivity contribution in [2.24, 2.45) is 5.92 Å². The molecule has 16 heavy (non-hydrogen) atoms.